The van der Waals surface area contributed by atoms with Crippen molar-refractivity contribution in [3.8, 4) is 0 Å². The normalized spacial score (nSPS) is 10.0. The van der Waals surface area contributed by atoms with E-state index in [0.717, 1.165) is 0 Å². The molecule has 0 saturated carbocycles. The van der Waals surface area contributed by atoms with Gasteiger partial charge >= 0.3 is 84.5 Å². The van der Waals surface area contributed by atoms with Crippen LogP contribution in [0.3, 0.4) is 0 Å². The van der Waals surface area contributed by atoms with E-state index in [1.807, 2.05) is 0 Å². The number of rotatable bonds is 0. The average Bonchev–Trinajstić information content (AvgIpc) is 1.12. The molecule has 0 unspecified atom stereocenters. The largest absolute Gasteiger partial charge is 2.00 e. The van der Waals surface area contributed by atoms with E-state index in [9.17, 15) is 0 Å². The van der Waals surface area contributed by atoms with Crippen LogP contribution in [-0.2, 0) is 0 Å². The van der Waals surface area contributed by atoms with Gasteiger partial charge in [0.15, 0.2) is 0 Å². The molecular weight excluding hydrogens is 284 g/mol. The first-order chi connectivity index (χ1) is 4.00. The van der Waals surface area contributed by atoms with Gasteiger partial charge in [0.05, 0.1) is 0 Å². The molecule has 0 bridgehead atoms. The number of hydrogen-bond acceptors (Lipinski definition) is 7. The van der Waals surface area contributed by atoms with Crippen molar-refractivity contribution in [1.82, 2.24) is 0 Å². The van der Waals surface area contributed by atoms with Crippen LogP contribution in [0.25, 0.3) is 0 Å². The fourth-order valence-corrected chi connectivity index (χ4v) is 0. The van der Waals surface area contributed by atoms with Gasteiger partial charge in [-0.1, -0.05) is 0 Å². The summed E-state index contributed by atoms with van der Waals surface area (Å²) in [5.74, 6) is 0. The van der Waals surface area contributed by atoms with Crippen LogP contribution < -0.4 is 19.2 Å². The van der Waals surface area contributed by atoms with Crippen LogP contribution >= 0.6 is 11.1 Å². The molecule has 64 valence electrons. The van der Waals surface area contributed by atoms with Crippen molar-refractivity contribution in [3.05, 3.63) is 0 Å². The van der Waals surface area contributed by atoms with Gasteiger partial charge < -0.3 is 33.6 Å². The summed E-state index contributed by atoms with van der Waals surface area (Å²) in [6, 6.07) is 0. The first kappa shape index (κ1) is 24.3. The van der Waals surface area contributed by atoms with E-state index in [4.69, 9.17) is 33.6 Å². The summed E-state index contributed by atoms with van der Waals surface area (Å²) in [6.45, 7) is 0. The monoisotopic (exact) mass is 286 g/mol. The van der Waals surface area contributed by atoms with Crippen LogP contribution in [0.5, 0.6) is 0 Å². The first-order valence-corrected chi connectivity index (χ1v) is 6.16. The minimum Gasteiger partial charge on any atom is -0.870 e. The van der Waals surface area contributed by atoms with E-state index < -0.39 is 17.2 Å². The summed E-state index contributed by atoms with van der Waals surface area (Å²) in [4.78, 5) is 57.2. The van der Waals surface area contributed by atoms with Crippen molar-refractivity contribution in [3.63, 3.8) is 0 Å². The minimum atomic E-state index is -4.89. The third kappa shape index (κ3) is 211. The quantitative estimate of drug-likeness (QED) is 0.295. The summed E-state index contributed by atoms with van der Waals surface area (Å²) in [5.41, 5.74) is 0. The predicted molar refractivity (Wildman–Crippen MR) is 35.5 cm³/mol. The topological polar surface area (TPSA) is 153 Å². The van der Waals surface area contributed by atoms with Gasteiger partial charge in [-0.05, 0) is 0 Å². The minimum absolute atomic E-state index is 0. The van der Waals surface area contributed by atoms with Crippen LogP contribution in [0.15, 0.2) is 0 Å². The first-order valence-electron chi connectivity index (χ1n) is 1.68. The Morgan fingerprint density at radius 3 is 0.833 bits per heavy atom. The smallest absolute Gasteiger partial charge is 0.870 e. The maximum absolute atomic E-state index is 8.91. The Bertz CT molecular complexity index is 62.4. The molecule has 0 aliphatic heterocycles. The molecule has 7 nitrogen and oxygen atoms in total. The molecule has 0 radical (unpaired) electrons. The van der Waals surface area contributed by atoms with E-state index >= 15 is 0 Å². The zero-order valence-electron chi connectivity index (χ0n) is 5.77. The van der Waals surface area contributed by atoms with Crippen LogP contribution in [0, 0.1) is 0 Å². The van der Waals surface area contributed by atoms with Crippen LogP contribution in [0.2, 0.25) is 0 Å². The van der Waals surface area contributed by atoms with Gasteiger partial charge in [0.1, 0.15) is 0 Å². The van der Waals surface area contributed by atoms with Gasteiger partial charge in [0.25, 0.3) is 0 Å². The molecule has 0 aliphatic rings. The summed E-state index contributed by atoms with van der Waals surface area (Å²) < 4.78 is 0. The Balaban J connectivity index is -0.0000000457. The SMILES string of the molecule is [Ca+2].[Ca+2].[O-][Si](O)(O)O.[O-][Si]([O-])([O-])Cl. The van der Waals surface area contributed by atoms with Crippen molar-refractivity contribution in [2.45, 2.75) is 0 Å². The summed E-state index contributed by atoms with van der Waals surface area (Å²) in [5, 5.41) is 0. The van der Waals surface area contributed by atoms with E-state index in [2.05, 4.69) is 11.1 Å². The zero-order chi connectivity index (χ0) is 9.00. The second kappa shape index (κ2) is 10.5. The Morgan fingerprint density at radius 1 is 0.833 bits per heavy atom. The van der Waals surface area contributed by atoms with E-state index in [-0.39, 0.29) is 75.5 Å². The zero-order valence-corrected chi connectivity index (χ0v) is 12.9. The Kier molecular flexibility index (Phi) is 21.2. The molecule has 0 atom stereocenters. The van der Waals surface area contributed by atoms with Crippen LogP contribution in [0.4, 0.5) is 0 Å². The summed E-state index contributed by atoms with van der Waals surface area (Å²) in [6.07, 6.45) is 0. The molecule has 0 amide bonds. The third-order valence-corrected chi connectivity index (χ3v) is 0. The molecule has 0 heterocycles. The van der Waals surface area contributed by atoms with Crippen LogP contribution in [-0.4, -0.2) is 107 Å². The van der Waals surface area contributed by atoms with Gasteiger partial charge in [-0.2, -0.15) is 8.11 Å². The van der Waals surface area contributed by atoms with Gasteiger partial charge in [0.2, 0.25) is 0 Å². The summed E-state index contributed by atoms with van der Waals surface area (Å²) >= 11 is 4.00. The van der Waals surface area contributed by atoms with Crippen LogP contribution in [0.1, 0.15) is 0 Å². The second-order valence-electron chi connectivity index (χ2n) is 1.06. The van der Waals surface area contributed by atoms with E-state index in [1.54, 1.807) is 0 Å². The maximum atomic E-state index is 8.91. The molecule has 3 N–H and O–H groups in total. The molecule has 0 aromatic rings. The molecule has 12 heavy (non-hydrogen) atoms. The Hall–Kier alpha value is 2.96. The van der Waals surface area contributed by atoms with Crippen molar-refractivity contribution in [1.29, 1.82) is 0 Å². The number of halogens is 1. The van der Waals surface area contributed by atoms with Crippen molar-refractivity contribution in [2.24, 2.45) is 0 Å². The third-order valence-electron chi connectivity index (χ3n) is 0. The van der Waals surface area contributed by atoms with E-state index in [1.165, 1.54) is 0 Å². The fourth-order valence-electron chi connectivity index (χ4n) is 0. The maximum Gasteiger partial charge on any atom is 2.00 e. The van der Waals surface area contributed by atoms with Crippen molar-refractivity contribution in [2.75, 3.05) is 0 Å². The molecular formula is H3Ca2ClO7Si2. The molecule has 0 spiro atoms. The molecule has 0 rings (SSSR count). The van der Waals surface area contributed by atoms with Crippen molar-refractivity contribution >= 4 is 104 Å². The molecule has 0 aromatic heterocycles. The molecule has 12 heteroatoms. The van der Waals surface area contributed by atoms with Gasteiger partial charge in [-0.15, -0.1) is 0 Å². The average molecular weight is 287 g/mol. The molecule has 0 fully saturated rings. The second-order valence-corrected chi connectivity index (χ2v) is 4.55. The molecule has 0 aromatic carbocycles. The Morgan fingerprint density at radius 2 is 0.833 bits per heavy atom. The Labute approximate surface area is 135 Å². The van der Waals surface area contributed by atoms with Gasteiger partial charge in [0, 0.05) is 0 Å². The van der Waals surface area contributed by atoms with E-state index in [0.29, 0.717) is 0 Å². The standard InChI is InChI=1S/2Ca.ClO3Si.H3O4Si/c;;2*1-5(2,3)4/h;;;1-3H/q2*+2;-3;-1. The molecule has 0 saturated heterocycles. The predicted octanol–water partition coefficient (Wildman–Crippen LogP) is -7.26. The summed E-state index contributed by atoms with van der Waals surface area (Å²) in [7, 11) is -9.75. The molecule has 0 aliphatic carbocycles. The number of hydrogen-bond donors (Lipinski definition) is 3. The van der Waals surface area contributed by atoms with Gasteiger partial charge in [-0.25, -0.2) is 11.1 Å². The van der Waals surface area contributed by atoms with Crippen molar-refractivity contribution < 1.29 is 33.6 Å². The van der Waals surface area contributed by atoms with Gasteiger partial charge in [-0.3, -0.25) is 0 Å². The fraction of sp³-hybridized carbons (Fsp3) is 0.